The fourth-order valence-corrected chi connectivity index (χ4v) is 6.71. The predicted octanol–water partition coefficient (Wildman–Crippen LogP) is 5.34. The van der Waals surface area contributed by atoms with Gasteiger partial charge in [-0.15, -0.1) is 15.3 Å². The molecule has 1 aliphatic heterocycles. The van der Waals surface area contributed by atoms with Gasteiger partial charge in [0.2, 0.25) is 0 Å². The van der Waals surface area contributed by atoms with Gasteiger partial charge in [-0.1, -0.05) is 59.7 Å². The summed E-state index contributed by atoms with van der Waals surface area (Å²) in [4.78, 5) is 24.4. The second kappa shape index (κ2) is 11.4. The molecule has 0 atom stereocenters. The van der Waals surface area contributed by atoms with Gasteiger partial charge in [-0.25, -0.2) is 4.79 Å². The fourth-order valence-electron chi connectivity index (χ4n) is 5.86. The first kappa shape index (κ1) is 25.8. The van der Waals surface area contributed by atoms with Crippen molar-refractivity contribution in [2.24, 2.45) is 0 Å². The summed E-state index contributed by atoms with van der Waals surface area (Å²) in [5.74, 6) is -0.513. The molecule has 0 N–H and O–H groups in total. The summed E-state index contributed by atoms with van der Waals surface area (Å²) >= 11 is 1.53. The zero-order valence-corrected chi connectivity index (χ0v) is 23.5. The lowest BCUT2D eigenvalue weighted by atomic mass is 9.94. The highest BCUT2D eigenvalue weighted by atomic mass is 32.1. The molecule has 208 valence electrons. The van der Waals surface area contributed by atoms with Crippen LogP contribution in [-0.2, 0) is 0 Å². The Bertz CT molecular complexity index is 1630. The third-order valence-electron chi connectivity index (χ3n) is 8.17. The molecule has 1 saturated heterocycles. The maximum atomic E-state index is 12.7. The lowest BCUT2D eigenvalue weighted by Crippen LogP contribution is -2.50. The van der Waals surface area contributed by atoms with Crippen LogP contribution in [0, 0.1) is 0 Å². The Hall–Kier alpha value is -4.15. The highest BCUT2D eigenvalue weighted by molar-refractivity contribution is 7.17. The van der Waals surface area contributed by atoms with E-state index in [1.165, 1.54) is 49.1 Å². The van der Waals surface area contributed by atoms with Gasteiger partial charge in [-0.05, 0) is 66.6 Å². The van der Waals surface area contributed by atoms with Crippen molar-refractivity contribution in [3.63, 3.8) is 0 Å². The highest BCUT2D eigenvalue weighted by Crippen LogP contribution is 2.32. The largest absolute Gasteiger partial charge is 0.369 e. The zero-order chi connectivity index (χ0) is 27.6. The van der Waals surface area contributed by atoms with E-state index in [-0.39, 0.29) is 0 Å². The van der Waals surface area contributed by atoms with E-state index in [1.807, 2.05) is 30.3 Å². The number of para-hydroxylation sites is 1. The number of piperazine rings is 1. The molecule has 0 radical (unpaired) electrons. The van der Waals surface area contributed by atoms with E-state index in [0.717, 1.165) is 58.2 Å². The van der Waals surface area contributed by atoms with Crippen LogP contribution in [0.25, 0.3) is 32.2 Å². The standard InChI is InChI=1S/C31H31N7O2S/c39-31(40-38-28-9-5-4-8-27(28)32-35-38)24-12-10-22(11-13-24)29-33-34-30(41-29)23-14-16-26(17-15-23)37-20-18-36(19-21-37)25-6-2-1-3-7-25/h4-5,8-17,25H,1-3,6-7,18-21H2. The predicted molar refractivity (Wildman–Crippen MR) is 160 cm³/mol. The van der Waals surface area contributed by atoms with Crippen LogP contribution in [-0.4, -0.2) is 68.4 Å². The maximum absolute atomic E-state index is 12.7. The lowest BCUT2D eigenvalue weighted by Gasteiger charge is -2.41. The van der Waals surface area contributed by atoms with Crippen molar-refractivity contribution in [1.29, 1.82) is 0 Å². The third-order valence-corrected chi connectivity index (χ3v) is 9.19. The first-order valence-electron chi connectivity index (χ1n) is 14.3. The summed E-state index contributed by atoms with van der Waals surface area (Å²) in [7, 11) is 0. The van der Waals surface area contributed by atoms with Gasteiger partial charge >= 0.3 is 5.97 Å². The van der Waals surface area contributed by atoms with Gasteiger partial charge < -0.3 is 9.74 Å². The smallest absolute Gasteiger partial charge is 0.365 e. The Morgan fingerprint density at radius 2 is 1.41 bits per heavy atom. The minimum atomic E-state index is -0.513. The minimum Gasteiger partial charge on any atom is -0.369 e. The Balaban J connectivity index is 0.976. The van der Waals surface area contributed by atoms with E-state index >= 15 is 0 Å². The summed E-state index contributed by atoms with van der Waals surface area (Å²) in [6.07, 6.45) is 6.93. The second-order valence-electron chi connectivity index (χ2n) is 10.7. The van der Waals surface area contributed by atoms with Crippen molar-refractivity contribution in [1.82, 2.24) is 30.3 Å². The fraction of sp³-hybridized carbons (Fsp3) is 0.323. The van der Waals surface area contributed by atoms with Crippen LogP contribution >= 0.6 is 11.3 Å². The molecular weight excluding hydrogens is 534 g/mol. The topological polar surface area (TPSA) is 89.3 Å². The Morgan fingerprint density at radius 1 is 0.756 bits per heavy atom. The minimum absolute atomic E-state index is 0.410. The molecule has 7 rings (SSSR count). The van der Waals surface area contributed by atoms with Crippen molar-refractivity contribution in [2.75, 3.05) is 31.1 Å². The SMILES string of the molecule is O=C(On1nnc2ccccc21)c1ccc(-c2nnc(-c3ccc(N4CCN(C5CCCCC5)CC4)cc3)s2)cc1. The molecule has 5 aromatic rings. The van der Waals surface area contributed by atoms with E-state index in [0.29, 0.717) is 16.6 Å². The molecule has 0 spiro atoms. The molecule has 10 heteroatoms. The molecule has 9 nitrogen and oxygen atoms in total. The molecule has 2 aliphatic rings. The van der Waals surface area contributed by atoms with Crippen LogP contribution in [0.2, 0.25) is 0 Å². The molecule has 41 heavy (non-hydrogen) atoms. The van der Waals surface area contributed by atoms with Crippen LogP contribution < -0.4 is 9.74 Å². The van der Waals surface area contributed by atoms with Gasteiger partial charge in [0.15, 0.2) is 0 Å². The van der Waals surface area contributed by atoms with E-state index in [1.54, 1.807) is 18.2 Å². The van der Waals surface area contributed by atoms with E-state index < -0.39 is 5.97 Å². The summed E-state index contributed by atoms with van der Waals surface area (Å²) < 4.78 is 0. The monoisotopic (exact) mass is 565 g/mol. The number of nitrogens with zero attached hydrogens (tertiary/aromatic N) is 7. The molecule has 1 aliphatic carbocycles. The van der Waals surface area contributed by atoms with E-state index in [4.69, 9.17) is 4.84 Å². The highest BCUT2D eigenvalue weighted by Gasteiger charge is 2.25. The van der Waals surface area contributed by atoms with Gasteiger partial charge in [0.1, 0.15) is 21.0 Å². The number of aromatic nitrogens is 5. The molecule has 3 heterocycles. The van der Waals surface area contributed by atoms with Crippen LogP contribution in [0.3, 0.4) is 0 Å². The molecule has 0 bridgehead atoms. The third kappa shape index (κ3) is 5.45. The Morgan fingerprint density at radius 3 is 2.12 bits per heavy atom. The van der Waals surface area contributed by atoms with Crippen molar-refractivity contribution in [2.45, 2.75) is 38.1 Å². The first-order valence-corrected chi connectivity index (χ1v) is 15.1. The number of carbonyl (C=O) groups excluding carboxylic acids is 1. The quantitative estimate of drug-likeness (QED) is 0.255. The van der Waals surface area contributed by atoms with Crippen LogP contribution in [0.5, 0.6) is 0 Å². The molecule has 2 fully saturated rings. The number of anilines is 1. The molecule has 2 aromatic heterocycles. The number of hydrogen-bond acceptors (Lipinski definition) is 9. The van der Waals surface area contributed by atoms with Gasteiger partial charge in [0.05, 0.1) is 5.56 Å². The average molecular weight is 566 g/mol. The number of benzene rings is 3. The number of fused-ring (bicyclic) bond motifs is 1. The summed E-state index contributed by atoms with van der Waals surface area (Å²) in [5.41, 5.74) is 4.91. The molecule has 1 saturated carbocycles. The van der Waals surface area contributed by atoms with Crippen molar-refractivity contribution < 1.29 is 9.63 Å². The van der Waals surface area contributed by atoms with Crippen molar-refractivity contribution in [3.8, 4) is 21.1 Å². The van der Waals surface area contributed by atoms with Gasteiger partial charge in [-0.3, -0.25) is 4.90 Å². The van der Waals surface area contributed by atoms with Gasteiger partial charge in [0.25, 0.3) is 0 Å². The number of hydrogen-bond donors (Lipinski definition) is 0. The summed E-state index contributed by atoms with van der Waals surface area (Å²) in [5, 5.41) is 18.4. The number of rotatable bonds is 6. The van der Waals surface area contributed by atoms with Crippen molar-refractivity contribution in [3.05, 3.63) is 78.4 Å². The normalized spacial score (nSPS) is 16.7. The Kier molecular flexibility index (Phi) is 7.16. The van der Waals surface area contributed by atoms with Crippen LogP contribution in [0.4, 0.5) is 5.69 Å². The van der Waals surface area contributed by atoms with Crippen LogP contribution in [0.1, 0.15) is 42.5 Å². The van der Waals surface area contributed by atoms with Crippen LogP contribution in [0.15, 0.2) is 72.8 Å². The zero-order valence-electron chi connectivity index (χ0n) is 22.7. The Labute approximate surface area is 242 Å². The summed E-state index contributed by atoms with van der Waals surface area (Å²) in [6.45, 7) is 4.47. The van der Waals surface area contributed by atoms with E-state index in [9.17, 15) is 4.79 Å². The van der Waals surface area contributed by atoms with E-state index in [2.05, 4.69) is 54.6 Å². The number of carbonyl (C=O) groups is 1. The summed E-state index contributed by atoms with van der Waals surface area (Å²) in [6, 6.07) is 23.9. The first-order chi connectivity index (χ1) is 20.2. The molecule has 0 amide bonds. The maximum Gasteiger partial charge on any atom is 0.365 e. The van der Waals surface area contributed by atoms with Gasteiger partial charge in [-0.2, -0.15) is 0 Å². The van der Waals surface area contributed by atoms with Gasteiger partial charge in [0, 0.05) is 49.0 Å². The average Bonchev–Trinajstić information content (AvgIpc) is 3.70. The molecule has 0 unspecified atom stereocenters. The second-order valence-corrected chi connectivity index (χ2v) is 11.7. The lowest BCUT2D eigenvalue weighted by molar-refractivity contribution is 0.0409. The molecule has 3 aromatic carbocycles. The van der Waals surface area contributed by atoms with Crippen molar-refractivity contribution >= 4 is 34.0 Å². The molecular formula is C31H31N7O2S.